The van der Waals surface area contributed by atoms with Crippen LogP contribution in [0.2, 0.25) is 5.02 Å². The topological polar surface area (TPSA) is 64.4 Å². The fourth-order valence-corrected chi connectivity index (χ4v) is 4.14. The molecule has 0 amide bonds. The smallest absolute Gasteiger partial charge is 0.246 e. The maximum Gasteiger partial charge on any atom is 0.246 e. The number of ether oxygens (including phenoxy) is 1. The molecule has 0 radical (unpaired) electrons. The zero-order valence-electron chi connectivity index (χ0n) is 14.8. The second-order valence-corrected chi connectivity index (χ2v) is 8.13. The van der Waals surface area contributed by atoms with Crippen LogP contribution in [0.25, 0.3) is 0 Å². The van der Waals surface area contributed by atoms with Gasteiger partial charge in [-0.2, -0.15) is 9.40 Å². The minimum Gasteiger partial charge on any atom is -0.495 e. The van der Waals surface area contributed by atoms with Crippen molar-refractivity contribution in [3.8, 4) is 5.75 Å². The van der Waals surface area contributed by atoms with Crippen LogP contribution < -0.4 is 4.74 Å². The van der Waals surface area contributed by atoms with E-state index in [0.29, 0.717) is 11.6 Å². The monoisotopic (exact) mass is 383 g/mol. The molecule has 0 atom stereocenters. The molecule has 0 aliphatic carbocycles. The first-order valence-corrected chi connectivity index (χ1v) is 9.47. The molecule has 0 saturated heterocycles. The molecule has 0 fully saturated rings. The number of nitrogens with zero attached hydrogens (tertiary/aromatic N) is 3. The number of hydrogen-bond donors (Lipinski definition) is 0. The highest BCUT2D eigenvalue weighted by atomic mass is 35.5. The standard InChI is InChI=1S/C17H22ClN3O3S/c1-6-9-21-13(3)15(12(2)19-21)11-20(4)25(22,23)17-10-14(18)7-8-16(17)24-5/h6-8,10H,1,9,11H2,2-5H3. The Kier molecular flexibility index (Phi) is 5.92. The van der Waals surface area contributed by atoms with Crippen LogP contribution in [0.1, 0.15) is 17.0 Å². The van der Waals surface area contributed by atoms with Crippen molar-refractivity contribution in [1.82, 2.24) is 14.1 Å². The summed E-state index contributed by atoms with van der Waals surface area (Å²) in [5.41, 5.74) is 2.57. The van der Waals surface area contributed by atoms with Crippen LogP contribution >= 0.6 is 11.6 Å². The molecule has 0 aliphatic rings. The Labute approximate surface area is 153 Å². The number of rotatable bonds is 7. The van der Waals surface area contributed by atoms with E-state index in [1.807, 2.05) is 13.8 Å². The molecule has 136 valence electrons. The number of hydrogen-bond acceptors (Lipinski definition) is 4. The van der Waals surface area contributed by atoms with E-state index < -0.39 is 10.0 Å². The number of allylic oxidation sites excluding steroid dienone is 1. The molecular weight excluding hydrogens is 362 g/mol. The van der Waals surface area contributed by atoms with Crippen LogP contribution in [0.5, 0.6) is 5.75 Å². The Hall–Kier alpha value is -1.83. The molecule has 2 aromatic rings. The van der Waals surface area contributed by atoms with Gasteiger partial charge in [-0.15, -0.1) is 6.58 Å². The van der Waals surface area contributed by atoms with Gasteiger partial charge in [0.25, 0.3) is 0 Å². The minimum atomic E-state index is -3.77. The summed E-state index contributed by atoms with van der Waals surface area (Å²) in [6.45, 7) is 8.26. The second kappa shape index (κ2) is 7.59. The lowest BCUT2D eigenvalue weighted by Gasteiger charge is -2.19. The van der Waals surface area contributed by atoms with Gasteiger partial charge in [0.05, 0.1) is 19.3 Å². The van der Waals surface area contributed by atoms with E-state index in [-0.39, 0.29) is 17.2 Å². The Morgan fingerprint density at radius 3 is 2.68 bits per heavy atom. The SMILES string of the molecule is C=CCn1nc(C)c(CN(C)S(=O)(=O)c2cc(Cl)ccc2OC)c1C. The summed E-state index contributed by atoms with van der Waals surface area (Å²) in [4.78, 5) is 0.0405. The molecule has 2 rings (SSSR count). The third-order valence-electron chi connectivity index (χ3n) is 4.03. The maximum atomic E-state index is 13.0. The van der Waals surface area contributed by atoms with Crippen molar-refractivity contribution in [2.24, 2.45) is 0 Å². The maximum absolute atomic E-state index is 13.0. The molecule has 0 spiro atoms. The third-order valence-corrected chi connectivity index (χ3v) is 6.09. The number of halogens is 1. The molecule has 1 aromatic carbocycles. The zero-order chi connectivity index (χ0) is 18.8. The summed E-state index contributed by atoms with van der Waals surface area (Å²) in [7, 11) is -0.819. The Balaban J connectivity index is 2.39. The zero-order valence-corrected chi connectivity index (χ0v) is 16.4. The van der Waals surface area contributed by atoms with Gasteiger partial charge in [0, 0.05) is 29.9 Å². The van der Waals surface area contributed by atoms with Gasteiger partial charge in [-0.25, -0.2) is 8.42 Å². The summed E-state index contributed by atoms with van der Waals surface area (Å²) in [6.07, 6.45) is 1.75. The summed E-state index contributed by atoms with van der Waals surface area (Å²) in [5, 5.41) is 4.77. The van der Waals surface area contributed by atoms with Gasteiger partial charge in [-0.05, 0) is 32.0 Å². The number of benzene rings is 1. The van der Waals surface area contributed by atoms with Crippen molar-refractivity contribution < 1.29 is 13.2 Å². The number of methoxy groups -OCH3 is 1. The van der Waals surface area contributed by atoms with Crippen molar-refractivity contribution in [3.05, 3.63) is 52.8 Å². The molecule has 6 nitrogen and oxygen atoms in total. The first kappa shape index (κ1) is 19.5. The molecule has 1 heterocycles. The van der Waals surface area contributed by atoms with Gasteiger partial charge in [0.2, 0.25) is 10.0 Å². The quantitative estimate of drug-likeness (QED) is 0.689. The minimum absolute atomic E-state index is 0.0405. The summed E-state index contributed by atoms with van der Waals surface area (Å²) >= 11 is 5.97. The lowest BCUT2D eigenvalue weighted by atomic mass is 10.2. The average Bonchev–Trinajstić information content (AvgIpc) is 2.82. The molecule has 0 bridgehead atoms. The average molecular weight is 384 g/mol. The molecule has 0 aliphatic heterocycles. The molecule has 0 N–H and O–H groups in total. The van der Waals surface area contributed by atoms with Crippen molar-refractivity contribution in [2.75, 3.05) is 14.2 Å². The predicted octanol–water partition coefficient (Wildman–Crippen LogP) is 3.17. The number of sulfonamides is 1. The van der Waals surface area contributed by atoms with E-state index >= 15 is 0 Å². The van der Waals surface area contributed by atoms with Gasteiger partial charge in [0.1, 0.15) is 10.6 Å². The van der Waals surface area contributed by atoms with Gasteiger partial charge in [-0.3, -0.25) is 4.68 Å². The van der Waals surface area contributed by atoms with Crippen molar-refractivity contribution in [2.45, 2.75) is 31.8 Å². The van der Waals surface area contributed by atoms with Crippen LogP contribution in [0.3, 0.4) is 0 Å². The van der Waals surface area contributed by atoms with E-state index in [9.17, 15) is 8.42 Å². The Morgan fingerprint density at radius 2 is 2.08 bits per heavy atom. The summed E-state index contributed by atoms with van der Waals surface area (Å²) in [6, 6.07) is 4.53. The first-order chi connectivity index (χ1) is 11.7. The van der Waals surface area contributed by atoms with Crippen LogP contribution in [-0.4, -0.2) is 36.7 Å². The van der Waals surface area contributed by atoms with Crippen molar-refractivity contribution in [1.29, 1.82) is 0 Å². The normalized spacial score (nSPS) is 11.8. The van der Waals surface area contributed by atoms with Crippen molar-refractivity contribution >= 4 is 21.6 Å². The van der Waals surface area contributed by atoms with E-state index in [4.69, 9.17) is 16.3 Å². The second-order valence-electron chi connectivity index (χ2n) is 5.68. The van der Waals surface area contributed by atoms with E-state index in [2.05, 4.69) is 11.7 Å². The van der Waals surface area contributed by atoms with Gasteiger partial charge >= 0.3 is 0 Å². The number of aromatic nitrogens is 2. The molecule has 1 aromatic heterocycles. The van der Waals surface area contributed by atoms with Crippen LogP contribution in [-0.2, 0) is 23.1 Å². The fourth-order valence-electron chi connectivity index (χ4n) is 2.59. The highest BCUT2D eigenvalue weighted by Crippen LogP contribution is 2.30. The lowest BCUT2D eigenvalue weighted by Crippen LogP contribution is -2.27. The molecule has 8 heteroatoms. The fraction of sp³-hybridized carbons (Fsp3) is 0.353. The van der Waals surface area contributed by atoms with Crippen LogP contribution in [0, 0.1) is 13.8 Å². The third kappa shape index (κ3) is 3.89. The summed E-state index contributed by atoms with van der Waals surface area (Å²) in [5.74, 6) is 0.257. The molecular formula is C17H22ClN3O3S. The molecule has 0 unspecified atom stereocenters. The van der Waals surface area contributed by atoms with E-state index in [0.717, 1.165) is 17.0 Å². The Morgan fingerprint density at radius 1 is 1.40 bits per heavy atom. The van der Waals surface area contributed by atoms with Gasteiger partial charge in [0.15, 0.2) is 0 Å². The van der Waals surface area contributed by atoms with Gasteiger partial charge < -0.3 is 4.74 Å². The highest BCUT2D eigenvalue weighted by molar-refractivity contribution is 7.89. The largest absolute Gasteiger partial charge is 0.495 e. The number of aryl methyl sites for hydroxylation is 1. The molecule has 0 saturated carbocycles. The first-order valence-electron chi connectivity index (χ1n) is 7.66. The Bertz CT molecular complexity index is 891. The highest BCUT2D eigenvalue weighted by Gasteiger charge is 2.27. The van der Waals surface area contributed by atoms with E-state index in [1.165, 1.54) is 24.5 Å². The summed E-state index contributed by atoms with van der Waals surface area (Å²) < 4.78 is 34.2. The van der Waals surface area contributed by atoms with E-state index in [1.54, 1.807) is 22.9 Å². The van der Waals surface area contributed by atoms with Crippen LogP contribution in [0.15, 0.2) is 35.7 Å². The van der Waals surface area contributed by atoms with Crippen LogP contribution in [0.4, 0.5) is 0 Å². The van der Waals surface area contributed by atoms with Gasteiger partial charge in [-0.1, -0.05) is 17.7 Å². The predicted molar refractivity (Wildman–Crippen MR) is 98.6 cm³/mol. The molecule has 25 heavy (non-hydrogen) atoms. The lowest BCUT2D eigenvalue weighted by molar-refractivity contribution is 0.397. The van der Waals surface area contributed by atoms with Crippen molar-refractivity contribution in [3.63, 3.8) is 0 Å².